The van der Waals surface area contributed by atoms with Crippen molar-refractivity contribution in [2.45, 2.75) is 212 Å². The van der Waals surface area contributed by atoms with Crippen LogP contribution in [-0.2, 0) is 33.6 Å². The maximum Gasteiger partial charge on any atom is 0.248 e. The van der Waals surface area contributed by atoms with Crippen LogP contribution in [0.3, 0.4) is 0 Å². The highest BCUT2D eigenvalue weighted by molar-refractivity contribution is 5.98. The summed E-state index contributed by atoms with van der Waals surface area (Å²) in [7, 11) is 0. The Morgan fingerprint density at radius 2 is 1.26 bits per heavy atom. The molecule has 0 aliphatic carbocycles. The average Bonchev–Trinajstić information content (AvgIpc) is 3.56. The minimum atomic E-state index is -1.61. The van der Waals surface area contributed by atoms with E-state index < -0.39 is 83.4 Å². The summed E-state index contributed by atoms with van der Waals surface area (Å²) < 4.78 is 0. The Labute approximate surface area is 364 Å². The van der Waals surface area contributed by atoms with Crippen molar-refractivity contribution in [2.75, 3.05) is 13.2 Å². The van der Waals surface area contributed by atoms with Gasteiger partial charge in [-0.2, -0.15) is 0 Å². The molecular formula is C44H81N7O10. The molecule has 61 heavy (non-hydrogen) atoms. The number of nitrogens with two attached hydrogens (primary N) is 1. The van der Waals surface area contributed by atoms with E-state index in [-0.39, 0.29) is 63.0 Å². The van der Waals surface area contributed by atoms with E-state index in [0.717, 1.165) is 19.3 Å². The topological polar surface area (TPSA) is 270 Å². The second kappa shape index (κ2) is 28.7. The summed E-state index contributed by atoms with van der Waals surface area (Å²) in [4.78, 5) is 94.0. The van der Waals surface area contributed by atoms with Crippen LogP contribution in [0, 0.1) is 11.8 Å². The lowest BCUT2D eigenvalue weighted by Gasteiger charge is -2.34. The summed E-state index contributed by atoms with van der Waals surface area (Å²) in [5.74, 6) is -4.95. The highest BCUT2D eigenvalue weighted by Crippen LogP contribution is 2.23. The van der Waals surface area contributed by atoms with Gasteiger partial charge in [0.05, 0.1) is 24.9 Å². The summed E-state index contributed by atoms with van der Waals surface area (Å²) in [6.07, 6.45) is 10.2. The standard InChI is InChI=1S/C44H81N7O10/c1-9-10-11-12-13-14-15-16-17-18-19-20-36(56)50-44(7,8)43(61)51-24-23-34(54)38(51)42(60)48-33(26-29(4)5)40(58)49-37(30(6)53)41(59)47-32(21-22-35(45)55)39(57)46-31(27-52)25-28(2)3/h28-34,37-38,52-54H,9-27H2,1-8H3,(H2,45,55)(H,46,57)(H,47,59)(H,48,60)(H,49,58)(H,50,56)/t30-,31+,32+,33+,34+,37+,38+/m1/s1. The molecule has 0 aromatic heterocycles. The number of likely N-dealkylation sites (tertiary alicyclic amines) is 1. The van der Waals surface area contributed by atoms with E-state index in [1.165, 1.54) is 56.8 Å². The zero-order valence-corrected chi connectivity index (χ0v) is 38.4. The molecule has 1 aliphatic rings. The van der Waals surface area contributed by atoms with Gasteiger partial charge in [-0.25, -0.2) is 0 Å². The van der Waals surface area contributed by atoms with Crippen molar-refractivity contribution in [1.82, 2.24) is 31.5 Å². The molecule has 0 saturated carbocycles. The minimum Gasteiger partial charge on any atom is -0.394 e. The van der Waals surface area contributed by atoms with Gasteiger partial charge in [-0.15, -0.1) is 0 Å². The van der Waals surface area contributed by atoms with E-state index in [0.29, 0.717) is 12.8 Å². The predicted molar refractivity (Wildman–Crippen MR) is 233 cm³/mol. The van der Waals surface area contributed by atoms with E-state index in [1.807, 2.05) is 13.8 Å². The molecule has 7 amide bonds. The van der Waals surface area contributed by atoms with Crippen LogP contribution in [0.1, 0.15) is 165 Å². The summed E-state index contributed by atoms with van der Waals surface area (Å²) in [5, 5.41) is 44.4. The Hall–Kier alpha value is -3.83. The fourth-order valence-corrected chi connectivity index (χ4v) is 7.58. The molecule has 10 N–H and O–H groups in total. The lowest BCUT2D eigenvalue weighted by atomic mass is 9.99. The van der Waals surface area contributed by atoms with Crippen molar-refractivity contribution in [1.29, 1.82) is 0 Å². The number of unbranched alkanes of at least 4 members (excludes halogenated alkanes) is 10. The third-order valence-electron chi connectivity index (χ3n) is 10.9. The van der Waals surface area contributed by atoms with Crippen molar-refractivity contribution in [3.05, 3.63) is 0 Å². The first-order valence-electron chi connectivity index (χ1n) is 22.7. The molecule has 1 fully saturated rings. The maximum atomic E-state index is 13.9. The second-order valence-corrected chi connectivity index (χ2v) is 18.3. The number of hydrogen-bond acceptors (Lipinski definition) is 10. The smallest absolute Gasteiger partial charge is 0.248 e. The van der Waals surface area contributed by atoms with E-state index in [2.05, 4.69) is 33.5 Å². The van der Waals surface area contributed by atoms with Gasteiger partial charge >= 0.3 is 0 Å². The Morgan fingerprint density at radius 3 is 1.77 bits per heavy atom. The zero-order chi connectivity index (χ0) is 46.3. The highest BCUT2D eigenvalue weighted by atomic mass is 16.3. The lowest BCUT2D eigenvalue weighted by Crippen LogP contribution is -2.63. The van der Waals surface area contributed by atoms with Crippen LogP contribution in [-0.4, -0.2) is 123 Å². The van der Waals surface area contributed by atoms with Gasteiger partial charge in [-0.05, 0) is 64.7 Å². The van der Waals surface area contributed by atoms with E-state index in [9.17, 15) is 48.9 Å². The van der Waals surface area contributed by atoms with Crippen molar-refractivity contribution >= 4 is 41.4 Å². The summed E-state index contributed by atoms with van der Waals surface area (Å²) in [6.45, 7) is 13.6. The fourth-order valence-electron chi connectivity index (χ4n) is 7.58. The molecule has 1 heterocycles. The molecule has 1 aliphatic heterocycles. The number of aliphatic hydroxyl groups is 3. The molecule has 0 bridgehead atoms. The molecule has 0 spiro atoms. The van der Waals surface area contributed by atoms with Gasteiger partial charge < -0.3 is 52.5 Å². The van der Waals surface area contributed by atoms with Crippen molar-refractivity contribution in [3.8, 4) is 0 Å². The molecule has 17 nitrogen and oxygen atoms in total. The zero-order valence-electron chi connectivity index (χ0n) is 38.4. The van der Waals surface area contributed by atoms with Gasteiger partial charge in [-0.1, -0.05) is 98.8 Å². The number of amides is 7. The van der Waals surface area contributed by atoms with E-state index >= 15 is 0 Å². The second-order valence-electron chi connectivity index (χ2n) is 18.3. The molecule has 352 valence electrons. The fraction of sp³-hybridized carbons (Fsp3) is 0.841. The van der Waals surface area contributed by atoms with Crippen molar-refractivity contribution in [2.24, 2.45) is 17.6 Å². The van der Waals surface area contributed by atoms with Crippen LogP contribution in [0.2, 0.25) is 0 Å². The minimum absolute atomic E-state index is 0.0301. The average molecular weight is 868 g/mol. The molecule has 7 atom stereocenters. The Balaban J connectivity index is 3.00. The first kappa shape index (κ1) is 55.2. The number of carbonyl (C=O) groups excluding carboxylic acids is 7. The van der Waals surface area contributed by atoms with Gasteiger partial charge in [0.15, 0.2) is 0 Å². The number of nitrogens with one attached hydrogen (secondary N) is 5. The van der Waals surface area contributed by atoms with Gasteiger partial charge in [0.25, 0.3) is 0 Å². The van der Waals surface area contributed by atoms with Crippen molar-refractivity contribution in [3.63, 3.8) is 0 Å². The number of rotatable bonds is 31. The van der Waals surface area contributed by atoms with Gasteiger partial charge in [0.2, 0.25) is 41.4 Å². The molecule has 1 rings (SSSR count). The molecule has 0 radical (unpaired) electrons. The summed E-state index contributed by atoms with van der Waals surface area (Å²) in [6, 6.07) is -6.21. The van der Waals surface area contributed by atoms with Crippen LogP contribution in [0.5, 0.6) is 0 Å². The van der Waals surface area contributed by atoms with Crippen LogP contribution in [0.25, 0.3) is 0 Å². The number of carbonyl (C=O) groups is 7. The van der Waals surface area contributed by atoms with Gasteiger partial charge in [0, 0.05) is 19.4 Å². The summed E-state index contributed by atoms with van der Waals surface area (Å²) >= 11 is 0. The Kier molecular flexibility index (Phi) is 26.0. The van der Waals surface area contributed by atoms with E-state index in [1.54, 1.807) is 27.7 Å². The van der Waals surface area contributed by atoms with Crippen molar-refractivity contribution < 1.29 is 48.9 Å². The Bertz CT molecular complexity index is 1390. The normalized spacial score (nSPS) is 17.9. The van der Waals surface area contributed by atoms with E-state index in [4.69, 9.17) is 5.73 Å². The first-order chi connectivity index (χ1) is 28.6. The largest absolute Gasteiger partial charge is 0.394 e. The van der Waals surface area contributed by atoms with Crippen LogP contribution >= 0.6 is 0 Å². The predicted octanol–water partition coefficient (Wildman–Crippen LogP) is 2.21. The van der Waals surface area contributed by atoms with Crippen LogP contribution in [0.15, 0.2) is 0 Å². The van der Waals surface area contributed by atoms with Gasteiger partial charge in [-0.3, -0.25) is 33.6 Å². The van der Waals surface area contributed by atoms with Crippen LogP contribution < -0.4 is 32.3 Å². The monoisotopic (exact) mass is 868 g/mol. The third kappa shape index (κ3) is 21.2. The number of nitrogens with zero attached hydrogens (tertiary/aromatic N) is 1. The Morgan fingerprint density at radius 1 is 0.721 bits per heavy atom. The molecule has 0 aromatic carbocycles. The molecule has 17 heteroatoms. The molecule has 1 saturated heterocycles. The van der Waals surface area contributed by atoms with Gasteiger partial charge in [0.1, 0.15) is 29.7 Å². The number of hydrogen-bond donors (Lipinski definition) is 9. The molecule has 0 aromatic rings. The SMILES string of the molecule is CCCCCCCCCCCCCC(=O)NC(C)(C)C(=O)N1CC[C@H](O)[C@H]1C(=O)N[C@@H](CC(C)C)C(=O)N[C@H](C(=O)N[C@@H](CCC(N)=O)C(=O)N[C@H](CO)CC(C)C)[C@@H](C)O. The lowest BCUT2D eigenvalue weighted by molar-refractivity contribution is -0.147. The quantitative estimate of drug-likeness (QED) is 0.0459. The third-order valence-corrected chi connectivity index (χ3v) is 10.9. The molecular weight excluding hydrogens is 787 g/mol. The molecule has 0 unspecified atom stereocenters. The first-order valence-corrected chi connectivity index (χ1v) is 22.7. The number of aliphatic hydroxyl groups excluding tert-OH is 3. The summed E-state index contributed by atoms with van der Waals surface area (Å²) in [5.41, 5.74) is 3.91. The van der Waals surface area contributed by atoms with Crippen LogP contribution in [0.4, 0.5) is 0 Å². The highest BCUT2D eigenvalue weighted by Gasteiger charge is 2.46. The number of primary amides is 1. The maximum absolute atomic E-state index is 13.9.